The van der Waals surface area contributed by atoms with Crippen LogP contribution in [-0.2, 0) is 12.4 Å². The van der Waals surface area contributed by atoms with Crippen LogP contribution < -0.4 is 0 Å². The van der Waals surface area contributed by atoms with Gasteiger partial charge in [0.1, 0.15) is 0 Å². The van der Waals surface area contributed by atoms with Crippen molar-refractivity contribution in [3.05, 3.63) is 68.7 Å². The average Bonchev–Trinajstić information content (AvgIpc) is 2.78. The van der Waals surface area contributed by atoms with Crippen molar-refractivity contribution in [3.8, 4) is 0 Å². The topological polar surface area (TPSA) is 60.9 Å². The molecule has 5 nitrogen and oxygen atoms in total. The Balaban J connectivity index is 2.02. The Labute approximate surface area is 205 Å². The maximum absolute atomic E-state index is 13.3. The van der Waals surface area contributed by atoms with Crippen molar-refractivity contribution in [1.82, 2.24) is 9.80 Å². The second kappa shape index (κ2) is 9.77. The van der Waals surface area contributed by atoms with E-state index in [4.69, 9.17) is 23.2 Å². The lowest BCUT2D eigenvalue weighted by Crippen LogP contribution is -2.51. The molecule has 2 aromatic carbocycles. The summed E-state index contributed by atoms with van der Waals surface area (Å²) in [6.45, 7) is -0.0716. The molecular weight excluding hydrogens is 525 g/mol. The summed E-state index contributed by atoms with van der Waals surface area (Å²) in [5.74, 6) is -1.74. The van der Waals surface area contributed by atoms with Crippen molar-refractivity contribution >= 4 is 35.2 Å². The highest BCUT2D eigenvalue weighted by Crippen LogP contribution is 2.38. The van der Waals surface area contributed by atoms with Gasteiger partial charge in [0.15, 0.2) is 0 Å². The Hall–Kier alpha value is -2.66. The van der Waals surface area contributed by atoms with E-state index in [1.54, 1.807) is 6.07 Å². The van der Waals surface area contributed by atoms with Gasteiger partial charge in [0.25, 0.3) is 5.91 Å². The minimum atomic E-state index is -5.11. The zero-order chi connectivity index (χ0) is 26.3. The summed E-state index contributed by atoms with van der Waals surface area (Å²) in [5.41, 5.74) is -3.49. The first kappa shape index (κ1) is 26.9. The number of likely N-dealkylation sites (N-methyl/N-ethyl adjacent to an activating group) is 1. The molecule has 0 aliphatic carbocycles. The number of halogens is 8. The molecule has 2 amide bonds. The maximum atomic E-state index is 13.3. The second-order valence-corrected chi connectivity index (χ2v) is 8.89. The van der Waals surface area contributed by atoms with Crippen LogP contribution in [0.2, 0.25) is 10.0 Å². The van der Waals surface area contributed by atoms with E-state index < -0.39 is 53.0 Å². The van der Waals surface area contributed by atoms with Crippen LogP contribution in [0.15, 0.2) is 36.4 Å². The third kappa shape index (κ3) is 5.95. The third-order valence-electron chi connectivity index (χ3n) is 5.87. The minimum Gasteiger partial charge on any atom is -0.465 e. The summed E-state index contributed by atoms with van der Waals surface area (Å²) in [6, 6.07) is 4.46. The van der Waals surface area contributed by atoms with Gasteiger partial charge in [-0.3, -0.25) is 4.79 Å². The second-order valence-electron chi connectivity index (χ2n) is 8.08. The summed E-state index contributed by atoms with van der Waals surface area (Å²) in [6.07, 6.45) is -11.3. The van der Waals surface area contributed by atoms with E-state index in [-0.39, 0.29) is 35.6 Å². The number of likely N-dealkylation sites (tertiary alicyclic amines) is 1. The summed E-state index contributed by atoms with van der Waals surface area (Å²) >= 11 is 12.0. The van der Waals surface area contributed by atoms with Crippen LogP contribution in [0, 0.1) is 0 Å². The number of alkyl halides is 6. The van der Waals surface area contributed by atoms with Crippen molar-refractivity contribution in [1.29, 1.82) is 0 Å². The van der Waals surface area contributed by atoms with Crippen LogP contribution >= 0.6 is 23.2 Å². The molecule has 1 saturated heterocycles. The lowest BCUT2D eigenvalue weighted by atomic mass is 9.85. The number of carbonyl (C=O) groups excluding carboxylic acids is 1. The Morgan fingerprint density at radius 3 is 2.03 bits per heavy atom. The summed E-state index contributed by atoms with van der Waals surface area (Å²) in [7, 11) is 1.25. The first-order chi connectivity index (χ1) is 16.1. The number of amides is 2. The van der Waals surface area contributed by atoms with Gasteiger partial charge < -0.3 is 14.9 Å². The number of piperidine rings is 1. The Kier molecular flexibility index (Phi) is 7.52. The van der Waals surface area contributed by atoms with Gasteiger partial charge in [-0.05, 0) is 42.3 Å². The van der Waals surface area contributed by atoms with Gasteiger partial charge in [-0.1, -0.05) is 29.3 Å². The predicted octanol–water partition coefficient (Wildman–Crippen LogP) is 6.64. The smallest absolute Gasteiger partial charge is 0.416 e. The van der Waals surface area contributed by atoms with Gasteiger partial charge in [-0.2, -0.15) is 26.3 Å². The van der Waals surface area contributed by atoms with Crippen LogP contribution in [0.25, 0.3) is 0 Å². The molecule has 13 heteroatoms. The van der Waals surface area contributed by atoms with Crippen molar-refractivity contribution in [2.45, 2.75) is 30.7 Å². The number of hydrogen-bond donors (Lipinski definition) is 1. The zero-order valence-corrected chi connectivity index (χ0v) is 19.4. The number of carboxylic acid groups (broad SMARTS) is 1. The number of benzene rings is 2. The summed E-state index contributed by atoms with van der Waals surface area (Å²) in [5, 5.41) is 9.80. The van der Waals surface area contributed by atoms with E-state index in [2.05, 4.69) is 0 Å². The fourth-order valence-corrected chi connectivity index (χ4v) is 4.39. The lowest BCUT2D eigenvalue weighted by Gasteiger charge is -2.42. The molecule has 0 spiro atoms. The van der Waals surface area contributed by atoms with Crippen molar-refractivity contribution in [2.75, 3.05) is 20.1 Å². The molecular formula is C22H18Cl2F6N2O3. The number of nitrogens with zero attached hydrogens (tertiary/aromatic N) is 2. The van der Waals surface area contributed by atoms with Crippen LogP contribution in [0.3, 0.4) is 0 Å². The zero-order valence-electron chi connectivity index (χ0n) is 17.9. The molecule has 0 radical (unpaired) electrons. The van der Waals surface area contributed by atoms with Gasteiger partial charge >= 0.3 is 18.4 Å². The van der Waals surface area contributed by atoms with Gasteiger partial charge in [-0.25, -0.2) is 4.79 Å². The lowest BCUT2D eigenvalue weighted by molar-refractivity contribution is -0.143. The van der Waals surface area contributed by atoms with Gasteiger partial charge in [0.2, 0.25) is 0 Å². The number of rotatable bonds is 3. The molecule has 0 aromatic heterocycles. The van der Waals surface area contributed by atoms with Gasteiger partial charge in [0, 0.05) is 37.7 Å². The Bertz CT molecular complexity index is 1110. The monoisotopic (exact) mass is 542 g/mol. The Morgan fingerprint density at radius 2 is 1.54 bits per heavy atom. The maximum Gasteiger partial charge on any atom is 0.416 e. The molecule has 35 heavy (non-hydrogen) atoms. The van der Waals surface area contributed by atoms with Gasteiger partial charge in [-0.15, -0.1) is 0 Å². The molecule has 1 aliphatic heterocycles. The number of hydrogen-bond acceptors (Lipinski definition) is 2. The highest BCUT2D eigenvalue weighted by atomic mass is 35.5. The largest absolute Gasteiger partial charge is 0.465 e. The molecule has 2 atom stereocenters. The molecule has 3 rings (SSSR count). The SMILES string of the molecule is CN(C(=O)c1cc(C(F)(F)F)cc(C(F)(F)F)c1)[C@@H]1CCN(C(=O)O)C[C@H]1c1ccc(Cl)c(Cl)c1. The molecule has 0 unspecified atom stereocenters. The highest BCUT2D eigenvalue weighted by molar-refractivity contribution is 6.42. The molecule has 0 bridgehead atoms. The Morgan fingerprint density at radius 1 is 0.971 bits per heavy atom. The third-order valence-corrected chi connectivity index (χ3v) is 6.61. The van der Waals surface area contributed by atoms with Crippen LogP contribution in [0.1, 0.15) is 39.4 Å². The molecule has 1 heterocycles. The van der Waals surface area contributed by atoms with E-state index in [0.717, 1.165) is 9.80 Å². The van der Waals surface area contributed by atoms with E-state index in [1.165, 1.54) is 19.2 Å². The molecule has 190 valence electrons. The fourth-order valence-electron chi connectivity index (χ4n) is 4.08. The van der Waals surface area contributed by atoms with Crippen LogP contribution in [0.4, 0.5) is 31.1 Å². The molecule has 1 N–H and O–H groups in total. The van der Waals surface area contributed by atoms with E-state index in [1.807, 2.05) is 0 Å². The average molecular weight is 543 g/mol. The van der Waals surface area contributed by atoms with Crippen LogP contribution in [-0.4, -0.2) is 53.1 Å². The first-order valence-electron chi connectivity index (χ1n) is 10.1. The quantitative estimate of drug-likeness (QED) is 0.442. The minimum absolute atomic E-state index is 0.00579. The van der Waals surface area contributed by atoms with Crippen molar-refractivity contribution < 1.29 is 41.0 Å². The van der Waals surface area contributed by atoms with E-state index in [0.29, 0.717) is 17.7 Å². The molecule has 0 saturated carbocycles. The number of carbonyl (C=O) groups is 2. The first-order valence-corrected chi connectivity index (χ1v) is 10.8. The fraction of sp³-hybridized carbons (Fsp3) is 0.364. The van der Waals surface area contributed by atoms with Gasteiger partial charge in [0.05, 0.1) is 21.2 Å². The standard InChI is InChI=1S/C22H18Cl2F6N2O3/c1-31(19(33)12-6-13(21(25,26)27)9-14(7-12)22(28,29)30)18-4-5-32(20(34)35)10-15(18)11-2-3-16(23)17(24)8-11/h2-3,6-9,15,18H,4-5,10H2,1H3,(H,34,35)/t15-,18+/m0/s1. The van der Waals surface area contributed by atoms with Crippen LogP contribution in [0.5, 0.6) is 0 Å². The summed E-state index contributed by atoms with van der Waals surface area (Å²) < 4.78 is 79.5. The molecule has 2 aromatic rings. The van der Waals surface area contributed by atoms with E-state index in [9.17, 15) is 41.0 Å². The van der Waals surface area contributed by atoms with E-state index >= 15 is 0 Å². The van der Waals surface area contributed by atoms with Crippen molar-refractivity contribution in [3.63, 3.8) is 0 Å². The highest BCUT2D eigenvalue weighted by Gasteiger charge is 2.40. The normalized spacial score (nSPS) is 18.9. The summed E-state index contributed by atoms with van der Waals surface area (Å²) in [4.78, 5) is 26.8. The predicted molar refractivity (Wildman–Crippen MR) is 116 cm³/mol. The molecule has 1 aliphatic rings. The molecule has 1 fully saturated rings. The van der Waals surface area contributed by atoms with Crippen molar-refractivity contribution in [2.24, 2.45) is 0 Å².